The summed E-state index contributed by atoms with van der Waals surface area (Å²) >= 11 is 0. The van der Waals surface area contributed by atoms with Crippen LogP contribution in [-0.4, -0.2) is 33.1 Å². The first kappa shape index (κ1) is 27.7. The van der Waals surface area contributed by atoms with E-state index >= 15 is 0 Å². The summed E-state index contributed by atoms with van der Waals surface area (Å²) in [4.78, 5) is 0. The molecule has 0 saturated heterocycles. The van der Waals surface area contributed by atoms with Crippen molar-refractivity contribution in [3.63, 3.8) is 0 Å². The number of aliphatic hydroxyl groups is 3. The first-order valence-corrected chi connectivity index (χ1v) is 14.1. The van der Waals surface area contributed by atoms with Crippen LogP contribution in [0.5, 0.6) is 0 Å². The predicted molar refractivity (Wildman–Crippen MR) is 142 cm³/mol. The molecule has 3 nitrogen and oxygen atoms in total. The highest BCUT2D eigenvalue weighted by molar-refractivity contribution is 5.39. The third-order valence-corrected chi connectivity index (χ3v) is 9.66. The van der Waals surface area contributed by atoms with Gasteiger partial charge in [0.05, 0.1) is 17.8 Å². The van der Waals surface area contributed by atoms with Crippen LogP contribution in [0, 0.1) is 29.1 Å². The van der Waals surface area contributed by atoms with E-state index in [0.29, 0.717) is 23.7 Å². The molecule has 3 aliphatic rings. The first-order valence-electron chi connectivity index (χ1n) is 14.1. The monoisotopic (exact) mass is 472 g/mol. The zero-order chi connectivity index (χ0) is 25.1. The van der Waals surface area contributed by atoms with Crippen LogP contribution in [0.1, 0.15) is 112 Å². The summed E-state index contributed by atoms with van der Waals surface area (Å²) in [6.45, 7) is 15.2. The van der Waals surface area contributed by atoms with Crippen molar-refractivity contribution in [3.8, 4) is 0 Å². The Bertz CT molecular complexity index is 757. The fourth-order valence-corrected chi connectivity index (χ4v) is 7.61. The van der Waals surface area contributed by atoms with Gasteiger partial charge in [-0.2, -0.15) is 0 Å². The summed E-state index contributed by atoms with van der Waals surface area (Å²) in [6.07, 6.45) is 16.5. The van der Waals surface area contributed by atoms with Gasteiger partial charge >= 0.3 is 0 Å². The molecule has 0 aromatic rings. The minimum atomic E-state index is -0.628. The SMILES string of the molecule is C=C1/C(=C\C=C2/CCC[C@]3(C)[C@@H]([C@H](C)CCCC(C)(C)O)CC[C@@H]23)C[C@@H](O)[C@@H](CCCC)[C@@H]1O. The smallest absolute Gasteiger partial charge is 0.0839 e. The molecule has 3 aliphatic carbocycles. The van der Waals surface area contributed by atoms with E-state index < -0.39 is 17.8 Å². The number of aliphatic hydroxyl groups excluding tert-OH is 2. The zero-order valence-electron chi connectivity index (χ0n) is 22.7. The fraction of sp³-hybridized carbons (Fsp3) is 0.806. The molecule has 194 valence electrons. The van der Waals surface area contributed by atoms with E-state index in [4.69, 9.17) is 0 Å². The van der Waals surface area contributed by atoms with Crippen LogP contribution >= 0.6 is 0 Å². The highest BCUT2D eigenvalue weighted by Gasteiger charge is 2.50. The Morgan fingerprint density at radius 2 is 1.91 bits per heavy atom. The molecule has 34 heavy (non-hydrogen) atoms. The van der Waals surface area contributed by atoms with Crippen LogP contribution in [0.25, 0.3) is 0 Å². The lowest BCUT2D eigenvalue weighted by Crippen LogP contribution is -2.38. The highest BCUT2D eigenvalue weighted by Crippen LogP contribution is 2.60. The molecule has 0 aromatic carbocycles. The molecule has 7 atom stereocenters. The maximum absolute atomic E-state index is 10.8. The second-order valence-corrected chi connectivity index (χ2v) is 12.8. The Kier molecular flexibility index (Phi) is 9.31. The highest BCUT2D eigenvalue weighted by atomic mass is 16.3. The van der Waals surface area contributed by atoms with Crippen molar-refractivity contribution in [1.82, 2.24) is 0 Å². The fourth-order valence-electron chi connectivity index (χ4n) is 7.61. The Hall–Kier alpha value is -0.900. The molecule has 0 aromatic heterocycles. The molecule has 0 bridgehead atoms. The van der Waals surface area contributed by atoms with Gasteiger partial charge in [-0.3, -0.25) is 0 Å². The Balaban J connectivity index is 1.69. The topological polar surface area (TPSA) is 60.7 Å². The average Bonchev–Trinajstić information content (AvgIpc) is 3.12. The summed E-state index contributed by atoms with van der Waals surface area (Å²) in [7, 11) is 0. The van der Waals surface area contributed by atoms with Gasteiger partial charge in [0.15, 0.2) is 0 Å². The van der Waals surface area contributed by atoms with Gasteiger partial charge in [-0.05, 0) is 99.5 Å². The quantitative estimate of drug-likeness (QED) is 0.335. The van der Waals surface area contributed by atoms with Crippen LogP contribution in [0.15, 0.2) is 35.5 Å². The first-order chi connectivity index (χ1) is 16.0. The molecule has 0 heterocycles. The maximum atomic E-state index is 10.8. The molecule has 3 heteroatoms. The van der Waals surface area contributed by atoms with Gasteiger partial charge in [0.25, 0.3) is 0 Å². The van der Waals surface area contributed by atoms with Gasteiger partial charge in [-0.1, -0.05) is 70.8 Å². The normalized spacial score (nSPS) is 37.9. The lowest BCUT2D eigenvalue weighted by atomic mass is 9.60. The van der Waals surface area contributed by atoms with E-state index in [1.807, 2.05) is 13.8 Å². The molecule has 0 amide bonds. The lowest BCUT2D eigenvalue weighted by Gasteiger charge is -2.44. The molecule has 3 N–H and O–H groups in total. The van der Waals surface area contributed by atoms with E-state index in [-0.39, 0.29) is 5.92 Å². The third-order valence-electron chi connectivity index (χ3n) is 9.66. The summed E-state index contributed by atoms with van der Waals surface area (Å²) in [5.74, 6) is 2.01. The number of unbranched alkanes of at least 4 members (excludes halogenated alkanes) is 1. The van der Waals surface area contributed by atoms with Crippen molar-refractivity contribution >= 4 is 0 Å². The zero-order valence-corrected chi connectivity index (χ0v) is 22.7. The number of allylic oxidation sites excluding steroid dienone is 3. The van der Waals surface area contributed by atoms with E-state index in [1.54, 1.807) is 5.57 Å². The van der Waals surface area contributed by atoms with Crippen LogP contribution in [0.2, 0.25) is 0 Å². The molecule has 0 aliphatic heterocycles. The standard InChI is InChI=1S/C31H52O3/c1-7-8-13-25-28(32)20-24(22(3)29(25)33)15-14-23-12-10-19-31(6)26(16-17-27(23)31)21(2)11-9-18-30(4,5)34/h14-15,21,25-29,32-34H,3,7-13,16-20H2,1-2,4-6H3/b23-14+,24-15-/t21-,25-,26-,27+,28-,29-,31-/m1/s1. The van der Waals surface area contributed by atoms with E-state index in [2.05, 4.69) is 39.5 Å². The average molecular weight is 473 g/mol. The number of fused-ring (bicyclic) bond motifs is 1. The Morgan fingerprint density at radius 1 is 1.18 bits per heavy atom. The molecule has 3 fully saturated rings. The van der Waals surface area contributed by atoms with Crippen molar-refractivity contribution < 1.29 is 15.3 Å². The Labute approximate surface area is 209 Å². The second kappa shape index (κ2) is 11.4. The second-order valence-electron chi connectivity index (χ2n) is 12.8. The van der Waals surface area contributed by atoms with Gasteiger partial charge in [0.2, 0.25) is 0 Å². The van der Waals surface area contributed by atoms with Crippen molar-refractivity contribution in [2.75, 3.05) is 0 Å². The number of rotatable bonds is 9. The third kappa shape index (κ3) is 6.26. The largest absolute Gasteiger partial charge is 0.392 e. The van der Waals surface area contributed by atoms with Crippen molar-refractivity contribution in [2.45, 2.75) is 129 Å². The summed E-state index contributed by atoms with van der Waals surface area (Å²) in [5, 5.41) is 31.6. The molecule has 3 saturated carbocycles. The summed E-state index contributed by atoms with van der Waals surface area (Å²) in [6, 6.07) is 0. The molecule has 3 rings (SSSR count). The van der Waals surface area contributed by atoms with E-state index in [1.165, 1.54) is 38.5 Å². The Morgan fingerprint density at radius 3 is 2.59 bits per heavy atom. The maximum Gasteiger partial charge on any atom is 0.0839 e. The van der Waals surface area contributed by atoms with Crippen molar-refractivity contribution in [3.05, 3.63) is 35.5 Å². The van der Waals surface area contributed by atoms with Gasteiger partial charge in [-0.15, -0.1) is 0 Å². The molecule has 0 unspecified atom stereocenters. The van der Waals surface area contributed by atoms with Gasteiger partial charge in [-0.25, -0.2) is 0 Å². The van der Waals surface area contributed by atoms with Crippen LogP contribution in [0.3, 0.4) is 0 Å². The number of hydrogen-bond donors (Lipinski definition) is 3. The number of hydrogen-bond acceptors (Lipinski definition) is 3. The predicted octanol–water partition coefficient (Wildman–Crippen LogP) is 7.12. The van der Waals surface area contributed by atoms with Crippen LogP contribution < -0.4 is 0 Å². The van der Waals surface area contributed by atoms with E-state index in [0.717, 1.165) is 49.2 Å². The lowest BCUT2D eigenvalue weighted by molar-refractivity contribution is 0.0131. The minimum absolute atomic E-state index is 0.0799. The van der Waals surface area contributed by atoms with Gasteiger partial charge < -0.3 is 15.3 Å². The van der Waals surface area contributed by atoms with Crippen LogP contribution in [-0.2, 0) is 0 Å². The minimum Gasteiger partial charge on any atom is -0.392 e. The molecule has 0 radical (unpaired) electrons. The summed E-state index contributed by atoms with van der Waals surface area (Å²) < 4.78 is 0. The molecule has 0 spiro atoms. The molecular formula is C31H52O3. The van der Waals surface area contributed by atoms with Crippen molar-refractivity contribution in [1.29, 1.82) is 0 Å². The van der Waals surface area contributed by atoms with Gasteiger partial charge in [0.1, 0.15) is 0 Å². The summed E-state index contributed by atoms with van der Waals surface area (Å²) in [5.41, 5.74) is 3.21. The van der Waals surface area contributed by atoms with Crippen LogP contribution in [0.4, 0.5) is 0 Å². The van der Waals surface area contributed by atoms with Gasteiger partial charge in [0, 0.05) is 5.92 Å². The van der Waals surface area contributed by atoms with Crippen molar-refractivity contribution in [2.24, 2.45) is 29.1 Å². The molecular weight excluding hydrogens is 420 g/mol. The van der Waals surface area contributed by atoms with E-state index in [9.17, 15) is 15.3 Å².